The maximum atomic E-state index is 13.2. The molecule has 0 aliphatic carbocycles. The molecular weight excluding hydrogens is 243 g/mol. The molecule has 0 aliphatic rings. The molecule has 0 bridgehead atoms. The second kappa shape index (κ2) is 4.72. The number of halogens is 1. The molecule has 0 saturated heterocycles. The molecule has 3 rings (SSSR count). The normalized spacial score (nSPS) is 10.8. The zero-order valence-corrected chi connectivity index (χ0v) is 10.5. The minimum Gasteiger partial charge on any atom is -0.487 e. The molecule has 0 saturated carbocycles. The average molecular weight is 256 g/mol. The van der Waals surface area contributed by atoms with Gasteiger partial charge in [-0.2, -0.15) is 4.39 Å². The Labute approximate surface area is 110 Å². The van der Waals surface area contributed by atoms with Gasteiger partial charge in [0.25, 0.3) is 0 Å². The quantitative estimate of drug-likeness (QED) is 0.718. The highest BCUT2D eigenvalue weighted by Gasteiger charge is 2.08. The summed E-state index contributed by atoms with van der Waals surface area (Å²) in [5, 5.41) is 3.76. The number of benzene rings is 1. The van der Waals surface area contributed by atoms with E-state index in [1.54, 1.807) is 6.20 Å². The largest absolute Gasteiger partial charge is 0.487 e. The maximum Gasteiger partial charge on any atom is 0.233 e. The number of pyridine rings is 1. The highest BCUT2D eigenvalue weighted by molar-refractivity contribution is 5.60. The number of aromatic nitrogens is 2. The third-order valence-electron chi connectivity index (χ3n) is 2.88. The van der Waals surface area contributed by atoms with Crippen LogP contribution < -0.4 is 4.74 Å². The third-order valence-corrected chi connectivity index (χ3v) is 2.88. The first kappa shape index (κ1) is 11.7. The van der Waals surface area contributed by atoms with Gasteiger partial charge in [-0.05, 0) is 24.1 Å². The summed E-state index contributed by atoms with van der Waals surface area (Å²) in [6, 6.07) is 13.1. The van der Waals surface area contributed by atoms with Gasteiger partial charge in [-0.3, -0.25) is 0 Å². The Hall–Kier alpha value is -2.36. The molecule has 0 atom stereocenters. The number of nitrogens with zero attached hydrogens (tertiary/aromatic N) is 2. The summed E-state index contributed by atoms with van der Waals surface area (Å²) < 4.78 is 20.5. The second-order valence-corrected chi connectivity index (χ2v) is 4.45. The van der Waals surface area contributed by atoms with E-state index in [0.717, 1.165) is 11.1 Å². The zero-order valence-electron chi connectivity index (χ0n) is 10.5. The third kappa shape index (κ3) is 2.42. The van der Waals surface area contributed by atoms with E-state index in [1.165, 1.54) is 10.6 Å². The number of ether oxygens (including phenoxy) is 1. The van der Waals surface area contributed by atoms with E-state index >= 15 is 0 Å². The van der Waals surface area contributed by atoms with Crippen molar-refractivity contribution in [2.24, 2.45) is 0 Å². The van der Waals surface area contributed by atoms with Gasteiger partial charge < -0.3 is 4.74 Å². The Morgan fingerprint density at radius 3 is 2.79 bits per heavy atom. The van der Waals surface area contributed by atoms with Gasteiger partial charge in [-0.1, -0.05) is 30.3 Å². The fraction of sp³-hybridized carbons (Fsp3) is 0.133. The molecule has 0 unspecified atom stereocenters. The van der Waals surface area contributed by atoms with Crippen LogP contribution in [0.1, 0.15) is 11.1 Å². The Kier molecular flexibility index (Phi) is 2.91. The summed E-state index contributed by atoms with van der Waals surface area (Å²) >= 11 is 0. The van der Waals surface area contributed by atoms with Crippen molar-refractivity contribution >= 4 is 5.52 Å². The van der Waals surface area contributed by atoms with Gasteiger partial charge in [0.2, 0.25) is 5.95 Å². The van der Waals surface area contributed by atoms with Crippen molar-refractivity contribution in [3.63, 3.8) is 0 Å². The van der Waals surface area contributed by atoms with Crippen LogP contribution in [-0.2, 0) is 6.61 Å². The Morgan fingerprint density at radius 1 is 1.21 bits per heavy atom. The number of aryl methyl sites for hydroxylation is 1. The lowest BCUT2D eigenvalue weighted by Crippen LogP contribution is -1.98. The molecule has 0 fully saturated rings. The van der Waals surface area contributed by atoms with Gasteiger partial charge in [0.05, 0.1) is 0 Å². The summed E-state index contributed by atoms with van der Waals surface area (Å²) in [7, 11) is 0. The van der Waals surface area contributed by atoms with E-state index in [0.29, 0.717) is 17.9 Å². The van der Waals surface area contributed by atoms with Crippen molar-refractivity contribution in [3.8, 4) is 5.75 Å². The van der Waals surface area contributed by atoms with Crippen molar-refractivity contribution in [3.05, 3.63) is 65.7 Å². The van der Waals surface area contributed by atoms with E-state index in [4.69, 9.17) is 4.74 Å². The van der Waals surface area contributed by atoms with E-state index < -0.39 is 5.95 Å². The van der Waals surface area contributed by atoms with Crippen molar-refractivity contribution in [2.45, 2.75) is 13.5 Å². The monoisotopic (exact) mass is 256 g/mol. The number of rotatable bonds is 3. The van der Waals surface area contributed by atoms with Crippen LogP contribution in [0.3, 0.4) is 0 Å². The van der Waals surface area contributed by atoms with Crippen LogP contribution >= 0.6 is 0 Å². The maximum absolute atomic E-state index is 13.2. The molecule has 3 nitrogen and oxygen atoms in total. The molecule has 0 radical (unpaired) electrons. The van der Waals surface area contributed by atoms with Crippen molar-refractivity contribution < 1.29 is 9.13 Å². The van der Waals surface area contributed by atoms with Gasteiger partial charge in [0.15, 0.2) is 0 Å². The highest BCUT2D eigenvalue weighted by Crippen LogP contribution is 2.23. The summed E-state index contributed by atoms with van der Waals surface area (Å²) in [6.45, 7) is 2.38. The smallest absolute Gasteiger partial charge is 0.233 e. The first-order chi connectivity index (χ1) is 9.22. The average Bonchev–Trinajstić information content (AvgIpc) is 2.77. The molecule has 0 N–H and O–H groups in total. The molecular formula is C15H13FN2O. The van der Waals surface area contributed by atoms with Crippen LogP contribution in [0.5, 0.6) is 5.75 Å². The lowest BCUT2D eigenvalue weighted by Gasteiger charge is -2.08. The van der Waals surface area contributed by atoms with Crippen LogP contribution in [0, 0.1) is 12.9 Å². The Balaban J connectivity index is 1.92. The predicted molar refractivity (Wildman–Crippen MR) is 70.7 cm³/mol. The summed E-state index contributed by atoms with van der Waals surface area (Å²) in [6.07, 6.45) is 1.77. The standard InChI is InChI=1S/C15H13FN2O/c1-11-7-14(13-8-15(16)17-18(13)9-11)19-10-12-5-3-2-4-6-12/h2-9H,10H2,1H3. The molecule has 2 aromatic heterocycles. The Morgan fingerprint density at radius 2 is 2.00 bits per heavy atom. The lowest BCUT2D eigenvalue weighted by atomic mass is 10.2. The predicted octanol–water partition coefficient (Wildman–Crippen LogP) is 3.36. The van der Waals surface area contributed by atoms with Crippen molar-refractivity contribution in [1.29, 1.82) is 0 Å². The molecule has 0 spiro atoms. The van der Waals surface area contributed by atoms with Crippen LogP contribution in [0.15, 0.2) is 48.7 Å². The first-order valence-corrected chi connectivity index (χ1v) is 6.04. The number of hydrogen-bond acceptors (Lipinski definition) is 2. The number of hydrogen-bond donors (Lipinski definition) is 0. The van der Waals surface area contributed by atoms with E-state index in [-0.39, 0.29) is 0 Å². The molecule has 3 aromatic rings. The van der Waals surface area contributed by atoms with Gasteiger partial charge in [-0.15, -0.1) is 5.10 Å². The van der Waals surface area contributed by atoms with E-state index in [2.05, 4.69) is 5.10 Å². The molecule has 19 heavy (non-hydrogen) atoms. The van der Waals surface area contributed by atoms with Crippen LogP contribution in [-0.4, -0.2) is 9.61 Å². The summed E-state index contributed by atoms with van der Waals surface area (Å²) in [5.74, 6) is 0.135. The fourth-order valence-corrected chi connectivity index (χ4v) is 2.01. The summed E-state index contributed by atoms with van der Waals surface area (Å²) in [4.78, 5) is 0. The van der Waals surface area contributed by atoms with Crippen LogP contribution in [0.2, 0.25) is 0 Å². The van der Waals surface area contributed by atoms with E-state index in [1.807, 2.05) is 43.3 Å². The lowest BCUT2D eigenvalue weighted by molar-refractivity contribution is 0.308. The van der Waals surface area contributed by atoms with Crippen LogP contribution in [0.4, 0.5) is 4.39 Å². The molecule has 1 aromatic carbocycles. The first-order valence-electron chi connectivity index (χ1n) is 6.04. The van der Waals surface area contributed by atoms with Gasteiger partial charge >= 0.3 is 0 Å². The molecule has 4 heteroatoms. The van der Waals surface area contributed by atoms with Crippen LogP contribution in [0.25, 0.3) is 5.52 Å². The van der Waals surface area contributed by atoms with Crippen molar-refractivity contribution in [1.82, 2.24) is 9.61 Å². The van der Waals surface area contributed by atoms with E-state index in [9.17, 15) is 4.39 Å². The topological polar surface area (TPSA) is 26.5 Å². The highest BCUT2D eigenvalue weighted by atomic mass is 19.1. The molecule has 2 heterocycles. The Bertz CT molecular complexity index is 707. The minimum atomic E-state index is -0.504. The molecule has 0 aliphatic heterocycles. The SMILES string of the molecule is Cc1cc(OCc2ccccc2)c2cc(F)nn2c1. The number of fused-ring (bicyclic) bond motifs is 1. The fourth-order valence-electron chi connectivity index (χ4n) is 2.01. The van der Waals surface area contributed by atoms with Gasteiger partial charge in [0, 0.05) is 12.3 Å². The summed E-state index contributed by atoms with van der Waals surface area (Å²) in [5.41, 5.74) is 2.68. The second-order valence-electron chi connectivity index (χ2n) is 4.45. The molecule has 0 amide bonds. The molecule has 96 valence electrons. The van der Waals surface area contributed by atoms with Crippen molar-refractivity contribution in [2.75, 3.05) is 0 Å². The zero-order chi connectivity index (χ0) is 13.2. The van der Waals surface area contributed by atoms with Gasteiger partial charge in [-0.25, -0.2) is 4.52 Å². The van der Waals surface area contributed by atoms with Gasteiger partial charge in [0.1, 0.15) is 17.9 Å². The minimum absolute atomic E-state index is 0.451.